The minimum atomic E-state index is -0.141. The molecule has 88 valence electrons. The number of oxime groups is 1. The van der Waals surface area contributed by atoms with E-state index in [-0.39, 0.29) is 11.7 Å². The van der Waals surface area contributed by atoms with Gasteiger partial charge in [0.25, 0.3) is 0 Å². The SMILES string of the molecule is Cc1cc(-n2cnc(/C(N)=N/O)n2)ncc1Br. The van der Waals surface area contributed by atoms with Crippen LogP contribution < -0.4 is 5.73 Å². The molecule has 7 nitrogen and oxygen atoms in total. The van der Waals surface area contributed by atoms with Crippen molar-refractivity contribution in [2.24, 2.45) is 10.9 Å². The van der Waals surface area contributed by atoms with Gasteiger partial charge in [-0.1, -0.05) is 5.16 Å². The molecule has 0 aliphatic heterocycles. The lowest BCUT2D eigenvalue weighted by Gasteiger charge is -2.01. The van der Waals surface area contributed by atoms with E-state index in [1.807, 2.05) is 13.0 Å². The fourth-order valence-electron chi connectivity index (χ4n) is 1.19. The van der Waals surface area contributed by atoms with E-state index >= 15 is 0 Å². The Morgan fingerprint density at radius 1 is 1.53 bits per heavy atom. The molecule has 0 fully saturated rings. The zero-order chi connectivity index (χ0) is 12.4. The highest BCUT2D eigenvalue weighted by Crippen LogP contribution is 2.16. The van der Waals surface area contributed by atoms with Crippen LogP contribution in [0.15, 0.2) is 28.2 Å². The van der Waals surface area contributed by atoms with E-state index in [2.05, 4.69) is 36.2 Å². The van der Waals surface area contributed by atoms with Crippen molar-refractivity contribution in [3.63, 3.8) is 0 Å². The fraction of sp³-hybridized carbons (Fsp3) is 0.111. The molecule has 8 heteroatoms. The molecule has 0 bridgehead atoms. The van der Waals surface area contributed by atoms with Gasteiger partial charge in [-0.3, -0.25) is 0 Å². The first-order valence-corrected chi connectivity index (χ1v) is 5.43. The van der Waals surface area contributed by atoms with Crippen LogP contribution in [-0.4, -0.2) is 30.8 Å². The quantitative estimate of drug-likeness (QED) is 0.370. The molecule has 17 heavy (non-hydrogen) atoms. The summed E-state index contributed by atoms with van der Waals surface area (Å²) < 4.78 is 2.37. The second kappa shape index (κ2) is 4.50. The molecule has 2 rings (SSSR count). The summed E-state index contributed by atoms with van der Waals surface area (Å²) in [6, 6.07) is 1.84. The number of nitrogens with zero attached hydrogens (tertiary/aromatic N) is 5. The summed E-state index contributed by atoms with van der Waals surface area (Å²) in [7, 11) is 0. The predicted molar refractivity (Wildman–Crippen MR) is 64.1 cm³/mol. The molecule has 0 aliphatic rings. The lowest BCUT2D eigenvalue weighted by Crippen LogP contribution is -2.15. The Labute approximate surface area is 105 Å². The number of rotatable bonds is 2. The van der Waals surface area contributed by atoms with E-state index in [1.165, 1.54) is 11.0 Å². The Morgan fingerprint density at radius 2 is 2.29 bits per heavy atom. The van der Waals surface area contributed by atoms with Crippen LogP contribution in [0.1, 0.15) is 11.4 Å². The minimum Gasteiger partial charge on any atom is -0.409 e. The topological polar surface area (TPSA) is 102 Å². The van der Waals surface area contributed by atoms with Crippen LogP contribution in [0.25, 0.3) is 5.82 Å². The molecule has 0 atom stereocenters. The number of nitrogens with two attached hydrogens (primary N) is 1. The lowest BCUT2D eigenvalue weighted by atomic mass is 10.3. The summed E-state index contributed by atoms with van der Waals surface area (Å²) in [5.41, 5.74) is 6.40. The Morgan fingerprint density at radius 3 is 2.94 bits per heavy atom. The van der Waals surface area contributed by atoms with Crippen LogP contribution in [0.3, 0.4) is 0 Å². The Bertz CT molecular complexity index is 579. The molecular formula is C9H9BrN6O. The second-order valence-corrected chi connectivity index (χ2v) is 4.14. The van der Waals surface area contributed by atoms with Gasteiger partial charge in [0.2, 0.25) is 11.7 Å². The molecule has 0 aromatic carbocycles. The lowest BCUT2D eigenvalue weighted by molar-refractivity contribution is 0.318. The van der Waals surface area contributed by atoms with Crippen LogP contribution in [0, 0.1) is 6.92 Å². The number of hydrogen-bond acceptors (Lipinski definition) is 5. The minimum absolute atomic E-state index is 0.141. The number of pyridine rings is 1. The van der Waals surface area contributed by atoms with Crippen molar-refractivity contribution < 1.29 is 5.21 Å². The standard InChI is InChI=1S/C9H9BrN6O/c1-5-2-7(12-3-6(5)10)16-4-13-9(14-16)8(11)15-17/h2-4,17H,1H3,(H2,11,15). The van der Waals surface area contributed by atoms with Crippen LogP contribution in [0.2, 0.25) is 0 Å². The average Bonchev–Trinajstić information content (AvgIpc) is 2.81. The molecular weight excluding hydrogens is 288 g/mol. The molecule has 0 unspecified atom stereocenters. The highest BCUT2D eigenvalue weighted by molar-refractivity contribution is 9.10. The van der Waals surface area contributed by atoms with Gasteiger partial charge in [-0.25, -0.2) is 14.6 Å². The largest absolute Gasteiger partial charge is 0.409 e. The van der Waals surface area contributed by atoms with Crippen molar-refractivity contribution in [1.29, 1.82) is 0 Å². The summed E-state index contributed by atoms with van der Waals surface area (Å²) in [5, 5.41) is 15.4. The monoisotopic (exact) mass is 296 g/mol. The third-order valence-electron chi connectivity index (χ3n) is 2.10. The molecule has 0 aliphatic carbocycles. The van der Waals surface area contributed by atoms with E-state index in [9.17, 15) is 0 Å². The van der Waals surface area contributed by atoms with E-state index in [0.29, 0.717) is 5.82 Å². The summed E-state index contributed by atoms with van der Waals surface area (Å²) >= 11 is 3.36. The van der Waals surface area contributed by atoms with Gasteiger partial charge < -0.3 is 10.9 Å². The van der Waals surface area contributed by atoms with Crippen molar-refractivity contribution in [3.05, 3.63) is 34.5 Å². The van der Waals surface area contributed by atoms with E-state index in [4.69, 9.17) is 10.9 Å². The third kappa shape index (κ3) is 2.26. The maximum atomic E-state index is 8.50. The Balaban J connectivity index is 2.40. The molecule has 2 aromatic rings. The number of hydrogen-bond donors (Lipinski definition) is 2. The molecule has 0 radical (unpaired) electrons. The fourth-order valence-corrected chi connectivity index (χ4v) is 1.40. The van der Waals surface area contributed by atoms with Crippen LogP contribution in [-0.2, 0) is 0 Å². The van der Waals surface area contributed by atoms with E-state index in [1.54, 1.807) is 6.20 Å². The summed E-state index contributed by atoms with van der Waals surface area (Å²) in [4.78, 5) is 8.08. The zero-order valence-corrected chi connectivity index (χ0v) is 10.5. The molecule has 2 heterocycles. The van der Waals surface area contributed by atoms with Crippen molar-refractivity contribution >= 4 is 21.8 Å². The second-order valence-electron chi connectivity index (χ2n) is 3.29. The zero-order valence-electron chi connectivity index (χ0n) is 8.87. The predicted octanol–water partition coefficient (Wildman–Crippen LogP) is 0.828. The van der Waals surface area contributed by atoms with Gasteiger partial charge in [-0.15, -0.1) is 5.10 Å². The molecule has 2 aromatic heterocycles. The van der Waals surface area contributed by atoms with E-state index in [0.717, 1.165) is 10.0 Å². The number of aromatic nitrogens is 4. The normalized spacial score (nSPS) is 11.8. The van der Waals surface area contributed by atoms with Crippen LogP contribution in [0.4, 0.5) is 0 Å². The van der Waals surface area contributed by atoms with Gasteiger partial charge >= 0.3 is 0 Å². The maximum Gasteiger partial charge on any atom is 0.220 e. The summed E-state index contributed by atoms with van der Waals surface area (Å²) in [6.45, 7) is 1.94. The van der Waals surface area contributed by atoms with Gasteiger partial charge in [-0.05, 0) is 34.5 Å². The van der Waals surface area contributed by atoms with Crippen LogP contribution in [0.5, 0.6) is 0 Å². The number of aryl methyl sites for hydroxylation is 1. The van der Waals surface area contributed by atoms with Gasteiger partial charge in [0.1, 0.15) is 6.33 Å². The molecule has 0 saturated heterocycles. The first kappa shape index (κ1) is 11.5. The highest BCUT2D eigenvalue weighted by Gasteiger charge is 2.08. The van der Waals surface area contributed by atoms with Gasteiger partial charge in [0.15, 0.2) is 5.82 Å². The third-order valence-corrected chi connectivity index (χ3v) is 2.93. The van der Waals surface area contributed by atoms with Crippen molar-refractivity contribution in [2.75, 3.05) is 0 Å². The van der Waals surface area contributed by atoms with Gasteiger partial charge in [0, 0.05) is 10.7 Å². The maximum absolute atomic E-state index is 8.50. The van der Waals surface area contributed by atoms with Crippen molar-refractivity contribution in [3.8, 4) is 5.82 Å². The van der Waals surface area contributed by atoms with Crippen molar-refractivity contribution in [1.82, 2.24) is 19.7 Å². The number of amidine groups is 1. The average molecular weight is 297 g/mol. The van der Waals surface area contributed by atoms with Gasteiger partial charge in [0.05, 0.1) is 0 Å². The summed E-state index contributed by atoms with van der Waals surface area (Å²) in [5.74, 6) is 0.614. The van der Waals surface area contributed by atoms with Crippen molar-refractivity contribution in [2.45, 2.75) is 6.92 Å². The molecule has 0 amide bonds. The van der Waals surface area contributed by atoms with Crippen LogP contribution >= 0.6 is 15.9 Å². The smallest absolute Gasteiger partial charge is 0.220 e. The Hall–Kier alpha value is -1.96. The Kier molecular flexibility index (Phi) is 3.05. The summed E-state index contributed by atoms with van der Waals surface area (Å²) in [6.07, 6.45) is 3.12. The first-order valence-electron chi connectivity index (χ1n) is 4.64. The first-order chi connectivity index (χ1) is 8.11. The number of halogens is 1. The molecule has 0 saturated carbocycles. The van der Waals surface area contributed by atoms with E-state index < -0.39 is 0 Å². The highest BCUT2D eigenvalue weighted by atomic mass is 79.9. The molecule has 0 spiro atoms. The van der Waals surface area contributed by atoms with Gasteiger partial charge in [-0.2, -0.15) is 0 Å². The molecule has 3 N–H and O–H groups in total.